The molecule has 3 rings (SSSR count). The van der Waals surface area contributed by atoms with Gasteiger partial charge in [-0.05, 0) is 29.7 Å². The molecule has 3 heterocycles. The molecule has 6 nitrogen and oxygen atoms in total. The highest BCUT2D eigenvalue weighted by Crippen LogP contribution is 2.24. The number of aromatic carboxylic acids is 1. The van der Waals surface area contributed by atoms with Crippen molar-refractivity contribution in [2.75, 3.05) is 0 Å². The highest BCUT2D eigenvalue weighted by molar-refractivity contribution is 7.18. The highest BCUT2D eigenvalue weighted by atomic mass is 32.1. The Morgan fingerprint density at radius 1 is 1.35 bits per heavy atom. The molecule has 0 aliphatic rings. The van der Waals surface area contributed by atoms with Gasteiger partial charge in [0.1, 0.15) is 15.4 Å². The van der Waals surface area contributed by atoms with E-state index in [1.807, 2.05) is 30.1 Å². The Balaban J connectivity index is 1.95. The predicted molar refractivity (Wildman–Crippen MR) is 90.6 cm³/mol. The summed E-state index contributed by atoms with van der Waals surface area (Å²) in [5, 5.41) is 14.1. The Hall–Kier alpha value is -2.54. The van der Waals surface area contributed by atoms with Crippen LogP contribution in [-0.2, 0) is 7.05 Å². The van der Waals surface area contributed by atoms with Crippen LogP contribution in [0.4, 0.5) is 0 Å². The van der Waals surface area contributed by atoms with Crippen LogP contribution in [0.1, 0.15) is 46.4 Å². The molecule has 0 unspecified atom stereocenters. The lowest BCUT2D eigenvalue weighted by Crippen LogP contribution is -1.96. The Labute approximate surface area is 137 Å². The second-order valence-electron chi connectivity index (χ2n) is 5.50. The van der Waals surface area contributed by atoms with Crippen molar-refractivity contribution in [1.82, 2.24) is 19.7 Å². The first kappa shape index (κ1) is 15.4. The lowest BCUT2D eigenvalue weighted by Gasteiger charge is -2.03. The number of rotatable bonds is 4. The van der Waals surface area contributed by atoms with E-state index in [0.717, 1.165) is 15.5 Å². The molecule has 0 radical (unpaired) electrons. The van der Waals surface area contributed by atoms with Crippen molar-refractivity contribution >= 4 is 39.8 Å². The summed E-state index contributed by atoms with van der Waals surface area (Å²) in [6.45, 7) is 4.26. The monoisotopic (exact) mass is 328 g/mol. The zero-order chi connectivity index (χ0) is 16.6. The van der Waals surface area contributed by atoms with Gasteiger partial charge in [-0.3, -0.25) is 4.68 Å². The first-order valence-electron chi connectivity index (χ1n) is 7.15. The van der Waals surface area contributed by atoms with E-state index in [1.165, 1.54) is 23.1 Å². The first-order valence-corrected chi connectivity index (χ1v) is 7.97. The maximum Gasteiger partial charge on any atom is 0.337 e. The van der Waals surface area contributed by atoms with Gasteiger partial charge in [0.05, 0.1) is 17.5 Å². The van der Waals surface area contributed by atoms with Crippen LogP contribution in [0.15, 0.2) is 18.5 Å². The highest BCUT2D eigenvalue weighted by Gasteiger charge is 2.11. The van der Waals surface area contributed by atoms with Crippen LogP contribution < -0.4 is 0 Å². The van der Waals surface area contributed by atoms with Crippen LogP contribution in [0.3, 0.4) is 0 Å². The smallest absolute Gasteiger partial charge is 0.337 e. The molecule has 0 bridgehead atoms. The van der Waals surface area contributed by atoms with Gasteiger partial charge in [0.2, 0.25) is 0 Å². The quantitative estimate of drug-likeness (QED) is 0.793. The minimum atomic E-state index is -0.999. The number of carbonyl (C=O) groups is 1. The van der Waals surface area contributed by atoms with Crippen molar-refractivity contribution in [3.63, 3.8) is 0 Å². The number of carboxylic acid groups (broad SMARTS) is 1. The lowest BCUT2D eigenvalue weighted by atomic mass is 10.0. The predicted octanol–water partition coefficient (Wildman–Crippen LogP) is 3.42. The van der Waals surface area contributed by atoms with Gasteiger partial charge in [0.15, 0.2) is 0 Å². The summed E-state index contributed by atoms with van der Waals surface area (Å²) in [5.74, 6) is -0.612. The molecule has 0 aromatic carbocycles. The van der Waals surface area contributed by atoms with Gasteiger partial charge in [0, 0.05) is 13.2 Å². The SMILES string of the molecule is CC(C)c1cnn(C)c1/C=C/c1nc2cc(C(=O)O)cnc2s1. The molecule has 0 saturated heterocycles. The van der Waals surface area contributed by atoms with Gasteiger partial charge in [-0.25, -0.2) is 14.8 Å². The molecule has 3 aromatic rings. The van der Waals surface area contributed by atoms with Crippen LogP contribution in [0.5, 0.6) is 0 Å². The van der Waals surface area contributed by atoms with E-state index < -0.39 is 5.97 Å². The van der Waals surface area contributed by atoms with Crippen molar-refractivity contribution in [3.05, 3.63) is 40.3 Å². The molecule has 0 aliphatic heterocycles. The number of carboxylic acids is 1. The third-order valence-electron chi connectivity index (χ3n) is 3.53. The third-order valence-corrected chi connectivity index (χ3v) is 4.48. The fourth-order valence-electron chi connectivity index (χ4n) is 2.29. The number of pyridine rings is 1. The van der Waals surface area contributed by atoms with Gasteiger partial charge in [-0.2, -0.15) is 5.10 Å². The minimum absolute atomic E-state index is 0.145. The molecule has 23 heavy (non-hydrogen) atoms. The normalized spacial score (nSPS) is 11.8. The third kappa shape index (κ3) is 3.00. The zero-order valence-corrected chi connectivity index (χ0v) is 13.8. The Morgan fingerprint density at radius 2 is 2.13 bits per heavy atom. The van der Waals surface area contributed by atoms with E-state index in [-0.39, 0.29) is 5.56 Å². The molecule has 0 atom stereocenters. The first-order chi connectivity index (χ1) is 11.0. The molecule has 7 heteroatoms. The second kappa shape index (κ2) is 5.92. The number of fused-ring (bicyclic) bond motifs is 1. The maximum atomic E-state index is 11.0. The summed E-state index contributed by atoms with van der Waals surface area (Å²) in [6.07, 6.45) is 7.13. The second-order valence-corrected chi connectivity index (χ2v) is 6.51. The van der Waals surface area contributed by atoms with Gasteiger partial charge >= 0.3 is 5.97 Å². The van der Waals surface area contributed by atoms with Gasteiger partial charge < -0.3 is 5.11 Å². The summed E-state index contributed by atoms with van der Waals surface area (Å²) >= 11 is 1.43. The molecular formula is C16H16N4O2S. The van der Waals surface area contributed by atoms with Gasteiger partial charge in [-0.1, -0.05) is 25.2 Å². The number of hydrogen-bond donors (Lipinski definition) is 1. The minimum Gasteiger partial charge on any atom is -0.478 e. The number of hydrogen-bond acceptors (Lipinski definition) is 5. The Morgan fingerprint density at radius 3 is 2.83 bits per heavy atom. The van der Waals surface area contributed by atoms with Crippen molar-refractivity contribution in [2.24, 2.45) is 7.05 Å². The van der Waals surface area contributed by atoms with E-state index in [2.05, 4.69) is 28.9 Å². The zero-order valence-electron chi connectivity index (χ0n) is 13.0. The summed E-state index contributed by atoms with van der Waals surface area (Å²) in [6, 6.07) is 1.54. The Bertz CT molecular complexity index is 908. The molecule has 0 aliphatic carbocycles. The van der Waals surface area contributed by atoms with E-state index in [0.29, 0.717) is 11.4 Å². The van der Waals surface area contributed by atoms with Gasteiger partial charge in [0.25, 0.3) is 0 Å². The van der Waals surface area contributed by atoms with E-state index in [4.69, 9.17) is 5.11 Å². The van der Waals surface area contributed by atoms with E-state index >= 15 is 0 Å². The fourth-order valence-corrected chi connectivity index (χ4v) is 3.08. The topological polar surface area (TPSA) is 80.9 Å². The lowest BCUT2D eigenvalue weighted by molar-refractivity contribution is 0.0696. The molecule has 118 valence electrons. The van der Waals surface area contributed by atoms with E-state index in [1.54, 1.807) is 6.07 Å². The van der Waals surface area contributed by atoms with Gasteiger partial charge in [-0.15, -0.1) is 0 Å². The average Bonchev–Trinajstić information content (AvgIpc) is 3.07. The van der Waals surface area contributed by atoms with Crippen LogP contribution in [-0.4, -0.2) is 30.8 Å². The maximum absolute atomic E-state index is 11.0. The molecular weight excluding hydrogens is 312 g/mol. The number of aromatic nitrogens is 4. The van der Waals surface area contributed by atoms with Crippen LogP contribution in [0.2, 0.25) is 0 Å². The molecule has 0 spiro atoms. The number of nitrogens with zero attached hydrogens (tertiary/aromatic N) is 4. The number of aryl methyl sites for hydroxylation is 1. The largest absolute Gasteiger partial charge is 0.478 e. The molecule has 3 aromatic heterocycles. The van der Waals surface area contributed by atoms with Crippen LogP contribution in [0.25, 0.3) is 22.5 Å². The van der Waals surface area contributed by atoms with Crippen LogP contribution in [0, 0.1) is 0 Å². The number of thiazole rings is 1. The van der Waals surface area contributed by atoms with Crippen LogP contribution >= 0.6 is 11.3 Å². The van der Waals surface area contributed by atoms with Crippen molar-refractivity contribution in [2.45, 2.75) is 19.8 Å². The summed E-state index contributed by atoms with van der Waals surface area (Å²) < 4.78 is 1.83. The molecule has 0 fully saturated rings. The van der Waals surface area contributed by atoms with Crippen molar-refractivity contribution in [1.29, 1.82) is 0 Å². The summed E-state index contributed by atoms with van der Waals surface area (Å²) in [4.78, 5) is 20.3. The Kier molecular flexibility index (Phi) is 3.96. The average molecular weight is 328 g/mol. The van der Waals surface area contributed by atoms with Crippen molar-refractivity contribution < 1.29 is 9.90 Å². The molecule has 1 N–H and O–H groups in total. The molecule has 0 saturated carbocycles. The van der Waals surface area contributed by atoms with Crippen molar-refractivity contribution in [3.8, 4) is 0 Å². The fraction of sp³-hybridized carbons (Fsp3) is 0.250. The summed E-state index contributed by atoms with van der Waals surface area (Å²) in [5.41, 5.74) is 2.96. The van der Waals surface area contributed by atoms with E-state index in [9.17, 15) is 4.79 Å². The summed E-state index contributed by atoms with van der Waals surface area (Å²) in [7, 11) is 1.91. The standard InChI is InChI=1S/C16H16N4O2S/c1-9(2)11-8-18-20(3)13(11)4-5-14-19-12-6-10(16(21)22)7-17-15(12)23-14/h4-9H,1-3H3,(H,21,22)/b5-4+. The molecule has 0 amide bonds.